The molecule has 4 N–H and O–H groups in total. The molecule has 0 saturated carbocycles. The molecule has 1 rings (SSSR count). The zero-order valence-corrected chi connectivity index (χ0v) is 12.2. The van der Waals surface area contributed by atoms with Gasteiger partial charge in [0, 0.05) is 27.2 Å². The van der Waals surface area contributed by atoms with Crippen LogP contribution in [-0.4, -0.2) is 59.2 Å². The number of hydrogen-bond donors (Lipinski definition) is 3. The fourth-order valence-electron chi connectivity index (χ4n) is 1.22. The van der Waals surface area contributed by atoms with Gasteiger partial charge in [0.05, 0.1) is 6.10 Å². The van der Waals surface area contributed by atoms with E-state index in [9.17, 15) is 4.79 Å². The lowest BCUT2D eigenvalue weighted by molar-refractivity contribution is 0.217. The molecule has 0 aliphatic rings. The van der Waals surface area contributed by atoms with Gasteiger partial charge in [0.2, 0.25) is 11.9 Å². The summed E-state index contributed by atoms with van der Waals surface area (Å²) in [5.74, 6) is 0.391. The van der Waals surface area contributed by atoms with E-state index in [0.717, 1.165) is 0 Å². The predicted molar refractivity (Wildman–Crippen MR) is 75.6 cm³/mol. The summed E-state index contributed by atoms with van der Waals surface area (Å²) in [6.45, 7) is 4.63. The first-order valence-electron chi connectivity index (χ1n) is 6.25. The second-order valence-electron chi connectivity index (χ2n) is 4.52. The van der Waals surface area contributed by atoms with Crippen LogP contribution in [0.3, 0.4) is 0 Å². The number of nitrogens with zero attached hydrogens (tertiary/aromatic N) is 4. The summed E-state index contributed by atoms with van der Waals surface area (Å²) in [5.41, 5.74) is 5.57. The molecule has 0 bridgehead atoms. The van der Waals surface area contributed by atoms with Gasteiger partial charge in [0.15, 0.2) is 0 Å². The first-order valence-corrected chi connectivity index (χ1v) is 6.25. The Morgan fingerprint density at radius 3 is 2.60 bits per heavy atom. The lowest BCUT2D eigenvalue weighted by Gasteiger charge is -2.12. The molecule has 0 aliphatic carbocycles. The molecule has 1 aromatic rings. The average Bonchev–Trinajstić information content (AvgIpc) is 2.32. The van der Waals surface area contributed by atoms with Gasteiger partial charge >= 0.3 is 12.0 Å². The Morgan fingerprint density at radius 1 is 1.30 bits per heavy atom. The maximum Gasteiger partial charge on any atom is 0.323 e. The van der Waals surface area contributed by atoms with E-state index >= 15 is 0 Å². The molecule has 2 amide bonds. The number of carbonyl (C=O) groups excluding carboxylic acids is 1. The molecule has 1 aromatic heterocycles. The van der Waals surface area contributed by atoms with Crippen molar-refractivity contribution in [3.8, 4) is 6.01 Å². The summed E-state index contributed by atoms with van der Waals surface area (Å²) in [6, 6.07) is 0.0121. The van der Waals surface area contributed by atoms with E-state index in [4.69, 9.17) is 10.5 Å². The van der Waals surface area contributed by atoms with Crippen molar-refractivity contribution in [1.82, 2.24) is 25.2 Å². The monoisotopic (exact) mass is 283 g/mol. The molecule has 1 heterocycles. The zero-order valence-electron chi connectivity index (χ0n) is 12.2. The Hall–Kier alpha value is -2.32. The normalized spacial score (nSPS) is 10.2. The Morgan fingerprint density at radius 2 is 2.00 bits per heavy atom. The quantitative estimate of drug-likeness (QED) is 0.625. The van der Waals surface area contributed by atoms with Crippen molar-refractivity contribution in [2.24, 2.45) is 0 Å². The number of carbonyl (C=O) groups is 1. The third kappa shape index (κ3) is 5.55. The van der Waals surface area contributed by atoms with E-state index in [2.05, 4.69) is 25.6 Å². The maximum atomic E-state index is 11.3. The van der Waals surface area contributed by atoms with Crippen molar-refractivity contribution in [2.75, 3.05) is 38.2 Å². The van der Waals surface area contributed by atoms with Gasteiger partial charge in [-0.15, -0.1) is 0 Å². The summed E-state index contributed by atoms with van der Waals surface area (Å²) in [6.07, 6.45) is -0.0518. The van der Waals surface area contributed by atoms with Gasteiger partial charge in [0.1, 0.15) is 0 Å². The molecular formula is C11H21N7O2. The Labute approximate surface area is 117 Å². The van der Waals surface area contributed by atoms with Crippen LogP contribution in [0.25, 0.3) is 0 Å². The number of aromatic nitrogens is 3. The van der Waals surface area contributed by atoms with Crippen LogP contribution in [0, 0.1) is 0 Å². The summed E-state index contributed by atoms with van der Waals surface area (Å²) >= 11 is 0. The van der Waals surface area contributed by atoms with Crippen LogP contribution in [0.4, 0.5) is 16.7 Å². The third-order valence-electron chi connectivity index (χ3n) is 2.06. The molecule has 20 heavy (non-hydrogen) atoms. The van der Waals surface area contributed by atoms with Crippen LogP contribution in [0.5, 0.6) is 6.01 Å². The van der Waals surface area contributed by atoms with Gasteiger partial charge in [-0.05, 0) is 13.8 Å². The molecule has 0 atom stereocenters. The smallest absolute Gasteiger partial charge is 0.323 e. The highest BCUT2D eigenvalue weighted by molar-refractivity contribution is 5.73. The van der Waals surface area contributed by atoms with Crippen LogP contribution < -0.4 is 21.1 Å². The van der Waals surface area contributed by atoms with Gasteiger partial charge in [-0.1, -0.05) is 0 Å². The molecule has 0 aromatic carbocycles. The number of anilines is 2. The number of urea groups is 1. The summed E-state index contributed by atoms with van der Waals surface area (Å²) in [5, 5.41) is 5.64. The predicted octanol–water partition coefficient (Wildman–Crippen LogP) is -0.0759. The van der Waals surface area contributed by atoms with Crippen LogP contribution in [0.2, 0.25) is 0 Å². The lowest BCUT2D eigenvalue weighted by atomic mass is 10.5. The molecule has 0 saturated heterocycles. The minimum atomic E-state index is -0.161. The fourth-order valence-corrected chi connectivity index (χ4v) is 1.22. The minimum Gasteiger partial charge on any atom is -0.461 e. The van der Waals surface area contributed by atoms with E-state index < -0.39 is 0 Å². The molecule has 0 unspecified atom stereocenters. The molecule has 0 radical (unpaired) electrons. The first kappa shape index (κ1) is 15.7. The molecule has 0 aliphatic heterocycles. The van der Waals surface area contributed by atoms with Crippen molar-refractivity contribution < 1.29 is 9.53 Å². The standard InChI is InChI=1S/C11H21N7O2/c1-7(2)20-10-16-8(12)15-9(17-10)13-5-6-14-11(19)18(3)4/h7H,5-6H2,1-4H3,(H,14,19)(H3,12,13,15,16,17). The minimum absolute atomic E-state index is 0.0518. The van der Waals surface area contributed by atoms with E-state index in [-0.39, 0.29) is 24.1 Å². The summed E-state index contributed by atoms with van der Waals surface area (Å²) in [7, 11) is 3.34. The van der Waals surface area contributed by atoms with Crippen LogP contribution in [-0.2, 0) is 0 Å². The van der Waals surface area contributed by atoms with E-state index in [0.29, 0.717) is 19.0 Å². The molecule has 9 heteroatoms. The Balaban J connectivity index is 2.47. The number of ether oxygens (including phenoxy) is 1. The second-order valence-corrected chi connectivity index (χ2v) is 4.52. The highest BCUT2D eigenvalue weighted by atomic mass is 16.5. The van der Waals surface area contributed by atoms with Crippen LogP contribution in [0.15, 0.2) is 0 Å². The van der Waals surface area contributed by atoms with Crippen molar-refractivity contribution in [3.05, 3.63) is 0 Å². The maximum absolute atomic E-state index is 11.3. The highest BCUT2D eigenvalue weighted by Gasteiger charge is 2.07. The van der Waals surface area contributed by atoms with Crippen LogP contribution >= 0.6 is 0 Å². The number of nitrogen functional groups attached to an aromatic ring is 1. The Bertz CT molecular complexity index is 450. The van der Waals surface area contributed by atoms with Crippen LogP contribution in [0.1, 0.15) is 13.8 Å². The highest BCUT2D eigenvalue weighted by Crippen LogP contribution is 2.09. The number of nitrogens with two attached hydrogens (primary N) is 1. The van der Waals surface area contributed by atoms with Gasteiger partial charge < -0.3 is 26.0 Å². The topological polar surface area (TPSA) is 118 Å². The van der Waals surface area contributed by atoms with Gasteiger partial charge in [-0.3, -0.25) is 0 Å². The number of rotatable bonds is 6. The average molecular weight is 283 g/mol. The van der Waals surface area contributed by atoms with Gasteiger partial charge in [-0.2, -0.15) is 15.0 Å². The number of hydrogen-bond acceptors (Lipinski definition) is 7. The van der Waals surface area contributed by atoms with Crippen molar-refractivity contribution >= 4 is 17.9 Å². The van der Waals surface area contributed by atoms with E-state index in [1.807, 2.05) is 13.8 Å². The van der Waals surface area contributed by atoms with Gasteiger partial charge in [-0.25, -0.2) is 4.79 Å². The third-order valence-corrected chi connectivity index (χ3v) is 2.06. The SMILES string of the molecule is CC(C)Oc1nc(N)nc(NCCNC(=O)N(C)C)n1. The number of amides is 2. The van der Waals surface area contributed by atoms with Crippen molar-refractivity contribution in [3.63, 3.8) is 0 Å². The molecule has 0 spiro atoms. The second kappa shape index (κ2) is 7.31. The number of nitrogens with one attached hydrogen (secondary N) is 2. The van der Waals surface area contributed by atoms with E-state index in [1.54, 1.807) is 14.1 Å². The lowest BCUT2D eigenvalue weighted by Crippen LogP contribution is -2.37. The fraction of sp³-hybridized carbons (Fsp3) is 0.636. The van der Waals surface area contributed by atoms with Crippen molar-refractivity contribution in [2.45, 2.75) is 20.0 Å². The zero-order chi connectivity index (χ0) is 15.1. The summed E-state index contributed by atoms with van der Waals surface area (Å²) < 4.78 is 5.35. The van der Waals surface area contributed by atoms with E-state index in [1.165, 1.54) is 4.90 Å². The molecule has 0 fully saturated rings. The molecule has 112 valence electrons. The molecular weight excluding hydrogens is 262 g/mol. The Kier molecular flexibility index (Phi) is 5.75. The van der Waals surface area contributed by atoms with Gasteiger partial charge in [0.25, 0.3) is 0 Å². The molecule has 9 nitrogen and oxygen atoms in total. The van der Waals surface area contributed by atoms with Crippen molar-refractivity contribution in [1.29, 1.82) is 0 Å². The summed E-state index contributed by atoms with van der Waals surface area (Å²) in [4.78, 5) is 24.6. The first-order chi connectivity index (χ1) is 9.38. The largest absolute Gasteiger partial charge is 0.461 e.